The Morgan fingerprint density at radius 2 is 2.15 bits per heavy atom. The Balaban J connectivity index is 1.91. The second kappa shape index (κ2) is 7.48. The maximum Gasteiger partial charge on any atom is 0.168 e. The summed E-state index contributed by atoms with van der Waals surface area (Å²) in [6.45, 7) is 9.91. The number of aromatic nitrogens is 1. The molecular weight excluding hydrogens is 250 g/mol. The van der Waals surface area contributed by atoms with Crippen LogP contribution in [0.4, 0.5) is 5.82 Å². The van der Waals surface area contributed by atoms with Crippen molar-refractivity contribution in [2.24, 2.45) is 0 Å². The molecule has 1 saturated heterocycles. The van der Waals surface area contributed by atoms with Crippen LogP contribution in [0.5, 0.6) is 5.75 Å². The summed E-state index contributed by atoms with van der Waals surface area (Å²) in [6, 6.07) is 4.42. The minimum absolute atomic E-state index is 0.172. The lowest BCUT2D eigenvalue weighted by Crippen LogP contribution is -2.39. The van der Waals surface area contributed by atoms with Crippen LogP contribution in [0.1, 0.15) is 40.0 Å². The van der Waals surface area contributed by atoms with E-state index in [1.807, 2.05) is 32.2 Å². The summed E-state index contributed by atoms with van der Waals surface area (Å²) in [4.78, 5) is 6.98. The first-order chi connectivity index (χ1) is 9.69. The predicted molar refractivity (Wildman–Crippen MR) is 83.4 cm³/mol. The number of anilines is 1. The van der Waals surface area contributed by atoms with Gasteiger partial charge in [-0.2, -0.15) is 0 Å². The minimum Gasteiger partial charge on any atom is -0.487 e. The van der Waals surface area contributed by atoms with Crippen LogP contribution in [-0.4, -0.2) is 41.7 Å². The standard InChI is InChI=1S/C16H27N3O/c1-4-10-19-11-7-14(8-12-19)18-16-15(20-13(2)3)6-5-9-17-16/h5-6,9,13-14H,4,7-8,10-12H2,1-3H3,(H,17,18). The van der Waals surface area contributed by atoms with Crippen LogP contribution in [0.3, 0.4) is 0 Å². The van der Waals surface area contributed by atoms with E-state index in [1.165, 1.54) is 38.9 Å². The second-order valence-electron chi connectivity index (χ2n) is 5.78. The zero-order valence-electron chi connectivity index (χ0n) is 12.9. The third-order valence-corrected chi connectivity index (χ3v) is 3.60. The SMILES string of the molecule is CCCN1CCC(Nc2ncccc2OC(C)C)CC1. The Morgan fingerprint density at radius 1 is 1.40 bits per heavy atom. The van der Waals surface area contributed by atoms with Crippen molar-refractivity contribution in [2.45, 2.75) is 52.2 Å². The number of likely N-dealkylation sites (tertiary alicyclic amines) is 1. The molecule has 112 valence electrons. The number of ether oxygens (including phenoxy) is 1. The number of hydrogen-bond acceptors (Lipinski definition) is 4. The van der Waals surface area contributed by atoms with Gasteiger partial charge in [0.2, 0.25) is 0 Å². The second-order valence-corrected chi connectivity index (χ2v) is 5.78. The molecule has 4 nitrogen and oxygen atoms in total. The summed E-state index contributed by atoms with van der Waals surface area (Å²) in [5.41, 5.74) is 0. The molecule has 1 N–H and O–H groups in total. The predicted octanol–water partition coefficient (Wildman–Crippen LogP) is 3.16. The number of piperidine rings is 1. The summed E-state index contributed by atoms with van der Waals surface area (Å²) < 4.78 is 5.81. The van der Waals surface area contributed by atoms with Crippen molar-refractivity contribution in [2.75, 3.05) is 25.0 Å². The third kappa shape index (κ3) is 4.37. The van der Waals surface area contributed by atoms with Gasteiger partial charge in [-0.25, -0.2) is 4.98 Å². The lowest BCUT2D eigenvalue weighted by molar-refractivity contribution is 0.218. The maximum absolute atomic E-state index is 5.81. The molecule has 0 radical (unpaired) electrons. The van der Waals surface area contributed by atoms with E-state index in [9.17, 15) is 0 Å². The molecule has 0 spiro atoms. The average molecular weight is 277 g/mol. The van der Waals surface area contributed by atoms with Crippen molar-refractivity contribution < 1.29 is 4.74 Å². The van der Waals surface area contributed by atoms with Crippen molar-refractivity contribution in [3.05, 3.63) is 18.3 Å². The number of rotatable bonds is 6. The van der Waals surface area contributed by atoms with E-state index < -0.39 is 0 Å². The van der Waals surface area contributed by atoms with Gasteiger partial charge in [-0.05, 0) is 51.8 Å². The molecule has 2 rings (SSSR count). The maximum atomic E-state index is 5.81. The first-order valence-corrected chi connectivity index (χ1v) is 7.79. The van der Waals surface area contributed by atoms with E-state index in [4.69, 9.17) is 4.74 Å². The van der Waals surface area contributed by atoms with Gasteiger partial charge in [-0.3, -0.25) is 0 Å². The van der Waals surface area contributed by atoms with E-state index >= 15 is 0 Å². The quantitative estimate of drug-likeness (QED) is 0.866. The molecule has 0 aromatic carbocycles. The van der Waals surface area contributed by atoms with Gasteiger partial charge < -0.3 is 15.0 Å². The van der Waals surface area contributed by atoms with Crippen molar-refractivity contribution in [1.29, 1.82) is 0 Å². The van der Waals surface area contributed by atoms with Gasteiger partial charge in [0, 0.05) is 25.3 Å². The highest BCUT2D eigenvalue weighted by atomic mass is 16.5. The van der Waals surface area contributed by atoms with Crippen molar-refractivity contribution in [1.82, 2.24) is 9.88 Å². The molecule has 1 aliphatic heterocycles. The van der Waals surface area contributed by atoms with Gasteiger partial charge in [-0.1, -0.05) is 6.92 Å². The van der Waals surface area contributed by atoms with E-state index in [0.717, 1.165) is 11.6 Å². The molecule has 1 aromatic rings. The molecule has 0 bridgehead atoms. The summed E-state index contributed by atoms with van der Waals surface area (Å²) >= 11 is 0. The molecule has 1 aromatic heterocycles. The Hall–Kier alpha value is -1.29. The molecule has 0 saturated carbocycles. The lowest BCUT2D eigenvalue weighted by Gasteiger charge is -2.32. The van der Waals surface area contributed by atoms with Crippen LogP contribution in [-0.2, 0) is 0 Å². The first kappa shape index (κ1) is 15.1. The smallest absolute Gasteiger partial charge is 0.168 e. The summed E-state index contributed by atoms with van der Waals surface area (Å²) in [5, 5.41) is 3.55. The highest BCUT2D eigenvalue weighted by molar-refractivity contribution is 5.50. The van der Waals surface area contributed by atoms with Crippen molar-refractivity contribution in [3.8, 4) is 5.75 Å². The molecule has 0 amide bonds. The number of nitrogens with one attached hydrogen (secondary N) is 1. The van der Waals surface area contributed by atoms with E-state index in [2.05, 4.69) is 22.1 Å². The van der Waals surface area contributed by atoms with Gasteiger partial charge >= 0.3 is 0 Å². The summed E-state index contributed by atoms with van der Waals surface area (Å²) in [7, 11) is 0. The first-order valence-electron chi connectivity index (χ1n) is 7.79. The molecular formula is C16H27N3O. The number of hydrogen-bond donors (Lipinski definition) is 1. The molecule has 0 aliphatic carbocycles. The fraction of sp³-hybridized carbons (Fsp3) is 0.688. The van der Waals surface area contributed by atoms with Gasteiger partial charge in [0.1, 0.15) is 0 Å². The Bertz CT molecular complexity index is 400. The molecule has 2 heterocycles. The number of nitrogens with zero attached hydrogens (tertiary/aromatic N) is 2. The highest BCUT2D eigenvalue weighted by Crippen LogP contribution is 2.25. The van der Waals surface area contributed by atoms with Gasteiger partial charge in [-0.15, -0.1) is 0 Å². The van der Waals surface area contributed by atoms with Gasteiger partial charge in [0.15, 0.2) is 11.6 Å². The van der Waals surface area contributed by atoms with Crippen molar-refractivity contribution >= 4 is 5.82 Å². The van der Waals surface area contributed by atoms with E-state index in [1.54, 1.807) is 0 Å². The Labute approximate surface area is 122 Å². The molecule has 0 atom stereocenters. The van der Waals surface area contributed by atoms with Crippen LogP contribution < -0.4 is 10.1 Å². The molecule has 0 unspecified atom stereocenters. The van der Waals surface area contributed by atoms with Crippen LogP contribution in [0, 0.1) is 0 Å². The molecule has 20 heavy (non-hydrogen) atoms. The van der Waals surface area contributed by atoms with Gasteiger partial charge in [0.05, 0.1) is 6.10 Å². The largest absolute Gasteiger partial charge is 0.487 e. The zero-order chi connectivity index (χ0) is 14.4. The average Bonchev–Trinajstić information content (AvgIpc) is 2.43. The Morgan fingerprint density at radius 3 is 2.80 bits per heavy atom. The zero-order valence-corrected chi connectivity index (χ0v) is 12.9. The van der Waals surface area contributed by atoms with Crippen LogP contribution >= 0.6 is 0 Å². The fourth-order valence-electron chi connectivity index (χ4n) is 2.66. The topological polar surface area (TPSA) is 37.4 Å². The number of pyridine rings is 1. The fourth-order valence-corrected chi connectivity index (χ4v) is 2.66. The van der Waals surface area contributed by atoms with E-state index in [-0.39, 0.29) is 6.10 Å². The van der Waals surface area contributed by atoms with Crippen molar-refractivity contribution in [3.63, 3.8) is 0 Å². The molecule has 1 aliphatic rings. The van der Waals surface area contributed by atoms with Crippen LogP contribution in [0.25, 0.3) is 0 Å². The molecule has 4 heteroatoms. The Kier molecular flexibility index (Phi) is 5.65. The summed E-state index contributed by atoms with van der Waals surface area (Å²) in [6.07, 6.45) is 5.59. The highest BCUT2D eigenvalue weighted by Gasteiger charge is 2.19. The molecule has 1 fully saturated rings. The van der Waals surface area contributed by atoms with Crippen LogP contribution in [0.15, 0.2) is 18.3 Å². The third-order valence-electron chi connectivity index (χ3n) is 3.60. The van der Waals surface area contributed by atoms with E-state index in [0.29, 0.717) is 6.04 Å². The van der Waals surface area contributed by atoms with Crippen LogP contribution in [0.2, 0.25) is 0 Å². The monoisotopic (exact) mass is 277 g/mol. The summed E-state index contributed by atoms with van der Waals surface area (Å²) in [5.74, 6) is 1.74. The lowest BCUT2D eigenvalue weighted by atomic mass is 10.0. The van der Waals surface area contributed by atoms with Gasteiger partial charge in [0.25, 0.3) is 0 Å². The minimum atomic E-state index is 0.172. The normalized spacial score (nSPS) is 17.4.